The lowest BCUT2D eigenvalue weighted by Gasteiger charge is -2.48. The molecule has 1 heterocycles. The number of carbonyl (C=O) groups excluding carboxylic acids is 3. The first-order valence-corrected chi connectivity index (χ1v) is 11.4. The van der Waals surface area contributed by atoms with Crippen LogP contribution in [-0.2, 0) is 9.59 Å². The minimum atomic E-state index is -1.63. The summed E-state index contributed by atoms with van der Waals surface area (Å²) in [5.41, 5.74) is -1.22. The van der Waals surface area contributed by atoms with Crippen LogP contribution in [0.15, 0.2) is 54.4 Å². The zero-order chi connectivity index (χ0) is 27.2. The highest BCUT2D eigenvalue weighted by Gasteiger charge is 2.49. The Morgan fingerprint density at radius 1 is 1.16 bits per heavy atom. The van der Waals surface area contributed by atoms with Crippen molar-refractivity contribution in [1.82, 2.24) is 15.1 Å². The van der Waals surface area contributed by atoms with Crippen molar-refractivity contribution in [3.8, 4) is 11.8 Å². The van der Waals surface area contributed by atoms with Crippen LogP contribution >= 0.6 is 0 Å². The average Bonchev–Trinajstić information content (AvgIpc) is 2.88. The summed E-state index contributed by atoms with van der Waals surface area (Å²) in [4.78, 5) is 41.5. The topological polar surface area (TPSA) is 96.8 Å². The number of anilines is 1. The third-order valence-electron chi connectivity index (χ3n) is 6.08. The summed E-state index contributed by atoms with van der Waals surface area (Å²) < 4.78 is 30.1. The number of hydrogen-bond donors (Lipinski definition) is 2. The van der Waals surface area contributed by atoms with Gasteiger partial charge in [0.15, 0.2) is 11.6 Å². The second kappa shape index (κ2) is 11.5. The van der Waals surface area contributed by atoms with Gasteiger partial charge in [-0.1, -0.05) is 30.0 Å². The van der Waals surface area contributed by atoms with Crippen LogP contribution in [0.3, 0.4) is 0 Å². The first-order valence-electron chi connectivity index (χ1n) is 11.4. The number of nitrogens with zero attached hydrogens (tertiary/aromatic N) is 3. The minimum absolute atomic E-state index is 0.0226. The molecule has 0 spiro atoms. The molecule has 0 radical (unpaired) electrons. The summed E-state index contributed by atoms with van der Waals surface area (Å²) in [5, 5.41) is 10.3. The van der Waals surface area contributed by atoms with Gasteiger partial charge in [0.05, 0.1) is 5.70 Å². The lowest BCUT2D eigenvalue weighted by Crippen LogP contribution is -2.67. The first-order chi connectivity index (χ1) is 17.7. The van der Waals surface area contributed by atoms with Crippen LogP contribution in [0.4, 0.5) is 19.3 Å². The summed E-state index contributed by atoms with van der Waals surface area (Å²) in [7, 11) is 2.80. The SMILES string of the molecule is CN/C=C(\C=N)N1CCN(C(=O)N(C)c2c(F)cc(C#Cc3ccccc3)cc2F)C(C)(CC=O)C1=O. The normalized spacial score (nSPS) is 17.5. The van der Waals surface area contributed by atoms with Gasteiger partial charge in [0, 0.05) is 57.1 Å². The summed E-state index contributed by atoms with van der Waals surface area (Å²) >= 11 is 0. The molecule has 0 aromatic heterocycles. The molecule has 8 nitrogen and oxygen atoms in total. The number of benzene rings is 2. The van der Waals surface area contributed by atoms with Crippen molar-refractivity contribution in [2.75, 3.05) is 32.1 Å². The number of urea groups is 1. The van der Waals surface area contributed by atoms with E-state index in [1.165, 1.54) is 25.1 Å². The molecule has 1 atom stereocenters. The quantitative estimate of drug-likeness (QED) is 0.357. The average molecular weight is 508 g/mol. The fourth-order valence-corrected chi connectivity index (χ4v) is 4.11. The van der Waals surface area contributed by atoms with Crippen molar-refractivity contribution in [2.45, 2.75) is 18.9 Å². The molecule has 0 bridgehead atoms. The molecule has 3 rings (SSSR count). The van der Waals surface area contributed by atoms with E-state index >= 15 is 8.78 Å². The van der Waals surface area contributed by atoms with Crippen LogP contribution < -0.4 is 10.2 Å². The number of piperazine rings is 1. The molecule has 2 N–H and O–H groups in total. The molecule has 0 saturated carbocycles. The number of aldehydes is 1. The number of hydrogen-bond acceptors (Lipinski definition) is 5. The number of amides is 3. The monoisotopic (exact) mass is 507 g/mol. The van der Waals surface area contributed by atoms with Crippen LogP contribution in [0.5, 0.6) is 0 Å². The Morgan fingerprint density at radius 2 is 1.78 bits per heavy atom. The molecule has 192 valence electrons. The molecular weight excluding hydrogens is 480 g/mol. The zero-order valence-corrected chi connectivity index (χ0v) is 20.7. The number of rotatable bonds is 6. The van der Waals surface area contributed by atoms with Crippen LogP contribution in [0.2, 0.25) is 0 Å². The standard InChI is InChI=1S/C27H27F2N5O3/c1-27(11-14-35)25(36)33(21(17-30)18-31-2)12-13-34(27)26(37)32(3)24-22(28)15-20(16-23(24)29)10-9-19-7-5-4-6-8-19/h4-8,14-18,30-31H,11-13H2,1-3H3/b21-18+,30-17?. The van der Waals surface area contributed by atoms with E-state index in [1.807, 2.05) is 6.07 Å². The van der Waals surface area contributed by atoms with Gasteiger partial charge in [-0.2, -0.15) is 0 Å². The largest absolute Gasteiger partial charge is 0.392 e. The molecule has 1 aliphatic rings. The second-order valence-electron chi connectivity index (χ2n) is 8.50. The molecule has 3 amide bonds. The van der Waals surface area contributed by atoms with E-state index in [4.69, 9.17) is 5.41 Å². The number of allylic oxidation sites excluding steroid dienone is 1. The number of halogens is 2. The summed E-state index contributed by atoms with van der Waals surface area (Å²) in [6.45, 7) is 1.41. The summed E-state index contributed by atoms with van der Waals surface area (Å²) in [6, 6.07) is 10.1. The number of nitrogens with one attached hydrogen (secondary N) is 2. The smallest absolute Gasteiger partial charge is 0.325 e. The van der Waals surface area contributed by atoms with Gasteiger partial charge in [0.2, 0.25) is 0 Å². The van der Waals surface area contributed by atoms with Crippen molar-refractivity contribution in [2.24, 2.45) is 0 Å². The van der Waals surface area contributed by atoms with Crippen molar-refractivity contribution >= 4 is 30.1 Å². The van der Waals surface area contributed by atoms with Crippen LogP contribution in [0, 0.1) is 28.9 Å². The number of carbonyl (C=O) groups is 3. The molecule has 1 fully saturated rings. The lowest BCUT2D eigenvalue weighted by atomic mass is 9.91. The molecule has 37 heavy (non-hydrogen) atoms. The molecular formula is C27H27F2N5O3. The highest BCUT2D eigenvalue weighted by molar-refractivity contribution is 6.01. The summed E-state index contributed by atoms with van der Waals surface area (Å²) in [5.74, 6) is 2.93. The van der Waals surface area contributed by atoms with Gasteiger partial charge in [-0.25, -0.2) is 13.6 Å². The molecule has 2 aromatic carbocycles. The van der Waals surface area contributed by atoms with E-state index in [-0.39, 0.29) is 30.8 Å². The maximum atomic E-state index is 15.0. The Morgan fingerprint density at radius 3 is 2.35 bits per heavy atom. The minimum Gasteiger partial charge on any atom is -0.392 e. The van der Waals surface area contributed by atoms with E-state index in [9.17, 15) is 14.4 Å². The Kier molecular flexibility index (Phi) is 8.40. The fourth-order valence-electron chi connectivity index (χ4n) is 4.11. The van der Waals surface area contributed by atoms with Crippen molar-refractivity contribution in [3.05, 3.63) is 77.1 Å². The van der Waals surface area contributed by atoms with E-state index in [0.717, 1.165) is 28.1 Å². The molecule has 1 aliphatic heterocycles. The van der Waals surface area contributed by atoms with Gasteiger partial charge in [-0.3, -0.25) is 9.69 Å². The van der Waals surface area contributed by atoms with Gasteiger partial charge in [-0.15, -0.1) is 0 Å². The zero-order valence-electron chi connectivity index (χ0n) is 20.7. The lowest BCUT2D eigenvalue weighted by molar-refractivity contribution is -0.145. The van der Waals surface area contributed by atoms with Gasteiger partial charge >= 0.3 is 6.03 Å². The highest BCUT2D eigenvalue weighted by Crippen LogP contribution is 2.31. The fraction of sp³-hybridized carbons (Fsp3) is 0.259. The van der Waals surface area contributed by atoms with Crippen LogP contribution in [0.25, 0.3) is 0 Å². The highest BCUT2D eigenvalue weighted by atomic mass is 19.1. The molecule has 10 heteroatoms. The molecule has 2 aromatic rings. The predicted octanol–water partition coefficient (Wildman–Crippen LogP) is 3.12. The van der Waals surface area contributed by atoms with E-state index in [2.05, 4.69) is 17.2 Å². The second-order valence-corrected chi connectivity index (χ2v) is 8.50. The maximum absolute atomic E-state index is 15.0. The molecule has 1 unspecified atom stereocenters. The van der Waals surface area contributed by atoms with Crippen molar-refractivity contribution in [1.29, 1.82) is 5.41 Å². The Labute approximate surface area is 214 Å². The molecule has 0 aliphatic carbocycles. The van der Waals surface area contributed by atoms with Crippen molar-refractivity contribution in [3.63, 3.8) is 0 Å². The predicted molar refractivity (Wildman–Crippen MR) is 136 cm³/mol. The Balaban J connectivity index is 1.92. The maximum Gasteiger partial charge on any atom is 0.325 e. The van der Waals surface area contributed by atoms with E-state index in [1.54, 1.807) is 31.3 Å². The Hall–Kier alpha value is -4.52. The summed E-state index contributed by atoms with van der Waals surface area (Å²) in [6.07, 6.45) is 2.59. The third kappa shape index (κ3) is 5.51. The van der Waals surface area contributed by atoms with Crippen LogP contribution in [0.1, 0.15) is 24.5 Å². The van der Waals surface area contributed by atoms with E-state index in [0.29, 0.717) is 11.8 Å². The van der Waals surface area contributed by atoms with Gasteiger partial charge < -0.3 is 25.3 Å². The van der Waals surface area contributed by atoms with Gasteiger partial charge in [0.1, 0.15) is 17.5 Å². The van der Waals surface area contributed by atoms with Crippen LogP contribution in [-0.4, -0.2) is 67.0 Å². The molecule has 1 saturated heterocycles. The van der Waals surface area contributed by atoms with Gasteiger partial charge in [-0.05, 0) is 31.2 Å². The third-order valence-corrected chi connectivity index (χ3v) is 6.08. The van der Waals surface area contributed by atoms with Crippen molar-refractivity contribution < 1.29 is 23.2 Å². The Bertz CT molecular complexity index is 1280. The van der Waals surface area contributed by atoms with Gasteiger partial charge in [0.25, 0.3) is 5.91 Å². The van der Waals surface area contributed by atoms with E-state index < -0.39 is 34.8 Å². The first kappa shape index (κ1) is 27.1.